The van der Waals surface area contributed by atoms with Crippen molar-refractivity contribution in [2.45, 2.75) is 83.8 Å². The van der Waals surface area contributed by atoms with Crippen molar-refractivity contribution in [1.29, 1.82) is 0 Å². The summed E-state index contributed by atoms with van der Waals surface area (Å²) in [4.78, 5) is 11.8. The van der Waals surface area contributed by atoms with Gasteiger partial charge in [0.15, 0.2) is 5.78 Å². The first-order valence-corrected chi connectivity index (χ1v) is 10.1. The Kier molecular flexibility index (Phi) is 4.12. The molecule has 1 heterocycles. The number of hydrogen-bond acceptors (Lipinski definition) is 3. The summed E-state index contributed by atoms with van der Waals surface area (Å²) in [5, 5.41) is 10.5. The Bertz CT molecular complexity index is 513. The Labute approximate surface area is 146 Å². The van der Waals surface area contributed by atoms with Crippen molar-refractivity contribution in [3.8, 4) is 0 Å². The van der Waals surface area contributed by atoms with Crippen molar-refractivity contribution in [3.05, 3.63) is 0 Å². The van der Waals surface area contributed by atoms with Gasteiger partial charge in [-0.05, 0) is 100 Å². The Hall–Kier alpha value is -0.410. The first-order valence-electron chi connectivity index (χ1n) is 10.1. The van der Waals surface area contributed by atoms with E-state index in [0.29, 0.717) is 11.3 Å². The summed E-state index contributed by atoms with van der Waals surface area (Å²) in [5.41, 5.74) is -0.136. The first-order chi connectivity index (χ1) is 11.3. The number of rotatable bonds is 1. The molecule has 0 amide bonds. The monoisotopic (exact) mass is 334 g/mol. The Morgan fingerprint density at radius 1 is 1.00 bits per heavy atom. The molecule has 0 spiro atoms. The number of fused-ring (bicyclic) bond motifs is 5. The Balaban J connectivity index is 1.51. The summed E-state index contributed by atoms with van der Waals surface area (Å²) in [6.45, 7) is 6.92. The molecule has 4 rings (SSSR count). The van der Waals surface area contributed by atoms with Gasteiger partial charge in [0, 0.05) is 0 Å². The highest BCUT2D eigenvalue weighted by atomic mass is 16.5. The number of hydrogen-bond donors (Lipinski definition) is 1. The third-order valence-corrected chi connectivity index (χ3v) is 8.34. The van der Waals surface area contributed by atoms with E-state index >= 15 is 0 Å². The van der Waals surface area contributed by atoms with Crippen molar-refractivity contribution in [1.82, 2.24) is 0 Å². The van der Waals surface area contributed by atoms with Gasteiger partial charge >= 0.3 is 0 Å². The van der Waals surface area contributed by atoms with E-state index in [-0.39, 0.29) is 11.9 Å². The molecule has 7 unspecified atom stereocenters. The van der Waals surface area contributed by atoms with E-state index in [1.54, 1.807) is 6.92 Å². The number of carbonyl (C=O) groups is 1. The molecule has 4 aliphatic rings. The molecular formula is C21H34O3. The second-order valence-corrected chi connectivity index (χ2v) is 10.0. The molecule has 24 heavy (non-hydrogen) atoms. The Morgan fingerprint density at radius 3 is 2.50 bits per heavy atom. The zero-order valence-electron chi connectivity index (χ0n) is 15.6. The molecule has 3 aliphatic carbocycles. The van der Waals surface area contributed by atoms with Crippen LogP contribution in [0.25, 0.3) is 0 Å². The van der Waals surface area contributed by atoms with Gasteiger partial charge in [-0.3, -0.25) is 4.79 Å². The molecule has 3 saturated carbocycles. The molecule has 0 aromatic heterocycles. The summed E-state index contributed by atoms with van der Waals surface area (Å²) in [6.07, 6.45) is 9.12. The number of carbonyl (C=O) groups excluding carboxylic acids is 1. The van der Waals surface area contributed by atoms with E-state index in [1.165, 1.54) is 32.1 Å². The van der Waals surface area contributed by atoms with Crippen LogP contribution in [0.4, 0.5) is 0 Å². The van der Waals surface area contributed by atoms with Crippen molar-refractivity contribution in [2.24, 2.45) is 35.0 Å². The standard InChI is InChI=1S/C21H34O3/c1-13(22)19-11-20(2)8-6-16-15-7-9-21(3,23)10-14(15)4-5-17(16)18(20)12-24-19/h14-19,23H,4-12H2,1-3H3/t14?,15?,16?,17?,18?,19?,20?,21-/m1/s1. The van der Waals surface area contributed by atoms with E-state index in [1.807, 2.05) is 6.92 Å². The zero-order valence-corrected chi connectivity index (χ0v) is 15.6. The molecule has 1 N–H and O–H groups in total. The first kappa shape index (κ1) is 17.0. The van der Waals surface area contributed by atoms with Crippen LogP contribution in [-0.2, 0) is 9.53 Å². The SMILES string of the molecule is CC(=O)C1CC2(C)CCC3C4CC[C@@](C)(O)CC4CCC3C2CO1. The minimum absolute atomic E-state index is 0.163. The topological polar surface area (TPSA) is 46.5 Å². The maximum absolute atomic E-state index is 11.8. The predicted octanol–water partition coefficient (Wildman–Crippen LogP) is 3.97. The maximum atomic E-state index is 11.8. The van der Waals surface area contributed by atoms with Gasteiger partial charge in [-0.2, -0.15) is 0 Å². The molecule has 0 bridgehead atoms. The van der Waals surface area contributed by atoms with Gasteiger partial charge in [-0.25, -0.2) is 0 Å². The summed E-state index contributed by atoms with van der Waals surface area (Å²) >= 11 is 0. The molecule has 0 aromatic rings. The lowest BCUT2D eigenvalue weighted by molar-refractivity contribution is -0.172. The van der Waals surface area contributed by atoms with Crippen LogP contribution in [0, 0.1) is 35.0 Å². The molecule has 8 atom stereocenters. The van der Waals surface area contributed by atoms with Crippen LogP contribution in [0.2, 0.25) is 0 Å². The minimum atomic E-state index is -0.431. The quantitative estimate of drug-likeness (QED) is 0.789. The van der Waals surface area contributed by atoms with Crippen molar-refractivity contribution in [2.75, 3.05) is 6.61 Å². The molecule has 0 radical (unpaired) electrons. The number of Topliss-reactive ketones (excluding diaryl/α,β-unsaturated/α-hetero) is 1. The van der Waals surface area contributed by atoms with E-state index in [4.69, 9.17) is 4.74 Å². The average Bonchev–Trinajstić information content (AvgIpc) is 2.52. The average molecular weight is 335 g/mol. The van der Waals surface area contributed by atoms with Gasteiger partial charge in [0.1, 0.15) is 6.10 Å². The minimum Gasteiger partial charge on any atom is -0.390 e. The molecular weight excluding hydrogens is 300 g/mol. The smallest absolute Gasteiger partial charge is 0.158 e. The fraction of sp³-hybridized carbons (Fsp3) is 0.952. The van der Waals surface area contributed by atoms with Crippen LogP contribution in [0.1, 0.15) is 72.1 Å². The predicted molar refractivity (Wildman–Crippen MR) is 93.5 cm³/mol. The van der Waals surface area contributed by atoms with E-state index in [0.717, 1.165) is 49.5 Å². The zero-order chi connectivity index (χ0) is 17.1. The maximum Gasteiger partial charge on any atom is 0.158 e. The van der Waals surface area contributed by atoms with Gasteiger partial charge in [0.2, 0.25) is 0 Å². The third-order valence-electron chi connectivity index (χ3n) is 8.34. The van der Waals surface area contributed by atoms with Crippen LogP contribution in [0.3, 0.4) is 0 Å². The third kappa shape index (κ3) is 2.76. The molecule has 136 valence electrons. The van der Waals surface area contributed by atoms with E-state index in [9.17, 15) is 9.90 Å². The van der Waals surface area contributed by atoms with Crippen LogP contribution < -0.4 is 0 Å². The number of aliphatic hydroxyl groups is 1. The second-order valence-electron chi connectivity index (χ2n) is 10.0. The number of ketones is 1. The van der Waals surface area contributed by atoms with Crippen molar-refractivity contribution < 1.29 is 14.6 Å². The number of ether oxygens (including phenoxy) is 1. The molecule has 1 saturated heterocycles. The highest BCUT2D eigenvalue weighted by Crippen LogP contribution is 2.60. The second kappa shape index (κ2) is 5.81. The molecule has 3 heteroatoms. The van der Waals surface area contributed by atoms with Gasteiger partial charge in [-0.15, -0.1) is 0 Å². The lowest BCUT2D eigenvalue weighted by atomic mass is 9.48. The summed E-state index contributed by atoms with van der Waals surface area (Å²) < 4.78 is 6.00. The van der Waals surface area contributed by atoms with Crippen LogP contribution in [0.15, 0.2) is 0 Å². The Morgan fingerprint density at radius 2 is 1.75 bits per heavy atom. The van der Waals surface area contributed by atoms with Crippen molar-refractivity contribution >= 4 is 5.78 Å². The van der Waals surface area contributed by atoms with E-state index < -0.39 is 5.60 Å². The van der Waals surface area contributed by atoms with Gasteiger partial charge in [0.25, 0.3) is 0 Å². The molecule has 1 aliphatic heterocycles. The summed E-state index contributed by atoms with van der Waals surface area (Å²) in [6, 6.07) is 0. The lowest BCUT2D eigenvalue weighted by Gasteiger charge is -2.59. The van der Waals surface area contributed by atoms with Crippen LogP contribution >= 0.6 is 0 Å². The highest BCUT2D eigenvalue weighted by Gasteiger charge is 2.55. The lowest BCUT2D eigenvalue weighted by Crippen LogP contribution is -2.55. The molecule has 3 nitrogen and oxygen atoms in total. The van der Waals surface area contributed by atoms with Crippen LogP contribution in [0.5, 0.6) is 0 Å². The summed E-state index contributed by atoms with van der Waals surface area (Å²) in [7, 11) is 0. The fourth-order valence-corrected chi connectivity index (χ4v) is 7.02. The van der Waals surface area contributed by atoms with Gasteiger partial charge < -0.3 is 9.84 Å². The fourth-order valence-electron chi connectivity index (χ4n) is 7.02. The largest absolute Gasteiger partial charge is 0.390 e. The van der Waals surface area contributed by atoms with Crippen LogP contribution in [-0.4, -0.2) is 29.2 Å². The normalized spacial score (nSPS) is 54.3. The molecule has 4 fully saturated rings. The molecule has 0 aromatic carbocycles. The van der Waals surface area contributed by atoms with Gasteiger partial charge in [0.05, 0.1) is 12.2 Å². The van der Waals surface area contributed by atoms with Gasteiger partial charge in [-0.1, -0.05) is 6.92 Å². The summed E-state index contributed by atoms with van der Waals surface area (Å²) in [5.74, 6) is 3.99. The van der Waals surface area contributed by atoms with Crippen molar-refractivity contribution in [3.63, 3.8) is 0 Å². The highest BCUT2D eigenvalue weighted by molar-refractivity contribution is 5.80. The van der Waals surface area contributed by atoms with E-state index in [2.05, 4.69) is 6.92 Å².